The standard InChI is InChI=1S/C10H13NO/c1-4-5-11-8(2)6-10(7-12)9(11)3/h4,6-7H,1,5H2,2-3H3. The van der Waals surface area contributed by atoms with Gasteiger partial charge in [-0.15, -0.1) is 6.58 Å². The van der Waals surface area contributed by atoms with E-state index < -0.39 is 0 Å². The maximum Gasteiger partial charge on any atom is 0.151 e. The normalized spacial score (nSPS) is 9.83. The molecule has 0 bridgehead atoms. The molecule has 0 aliphatic heterocycles. The van der Waals surface area contributed by atoms with Gasteiger partial charge in [-0.1, -0.05) is 6.08 Å². The average molecular weight is 163 g/mol. The van der Waals surface area contributed by atoms with Gasteiger partial charge in [-0.3, -0.25) is 4.79 Å². The van der Waals surface area contributed by atoms with Crippen LogP contribution in [0.3, 0.4) is 0 Å². The van der Waals surface area contributed by atoms with E-state index >= 15 is 0 Å². The van der Waals surface area contributed by atoms with Crippen LogP contribution in [0.1, 0.15) is 21.7 Å². The number of carbonyl (C=O) groups is 1. The number of aromatic nitrogens is 1. The van der Waals surface area contributed by atoms with Crippen molar-refractivity contribution in [1.82, 2.24) is 4.57 Å². The monoisotopic (exact) mass is 163 g/mol. The van der Waals surface area contributed by atoms with Crippen LogP contribution in [0, 0.1) is 13.8 Å². The van der Waals surface area contributed by atoms with E-state index in [2.05, 4.69) is 11.1 Å². The van der Waals surface area contributed by atoms with Gasteiger partial charge < -0.3 is 4.57 Å². The molecule has 1 rings (SSSR count). The Hall–Kier alpha value is -1.31. The zero-order valence-electron chi connectivity index (χ0n) is 7.50. The SMILES string of the molecule is C=CCn1c(C)cc(C=O)c1C. The minimum absolute atomic E-state index is 0.769. The third-order valence-electron chi connectivity index (χ3n) is 2.05. The number of aryl methyl sites for hydroxylation is 1. The summed E-state index contributed by atoms with van der Waals surface area (Å²) in [5, 5.41) is 0. The fourth-order valence-corrected chi connectivity index (χ4v) is 1.36. The molecule has 0 radical (unpaired) electrons. The van der Waals surface area contributed by atoms with Gasteiger partial charge in [0.15, 0.2) is 6.29 Å². The average Bonchev–Trinajstić information content (AvgIpc) is 2.32. The Balaban J connectivity index is 3.17. The fraction of sp³-hybridized carbons (Fsp3) is 0.300. The van der Waals surface area contributed by atoms with Gasteiger partial charge in [0.2, 0.25) is 0 Å². The molecule has 2 nitrogen and oxygen atoms in total. The number of hydrogen-bond donors (Lipinski definition) is 0. The number of aldehydes is 1. The molecule has 0 amide bonds. The summed E-state index contributed by atoms with van der Waals surface area (Å²) in [5.74, 6) is 0. The van der Waals surface area contributed by atoms with Crippen molar-refractivity contribution in [2.75, 3.05) is 0 Å². The quantitative estimate of drug-likeness (QED) is 0.494. The van der Waals surface area contributed by atoms with Gasteiger partial charge in [-0.25, -0.2) is 0 Å². The topological polar surface area (TPSA) is 22.0 Å². The smallest absolute Gasteiger partial charge is 0.151 e. The first-order chi connectivity index (χ1) is 5.70. The number of hydrogen-bond acceptors (Lipinski definition) is 1. The molecule has 0 saturated carbocycles. The summed E-state index contributed by atoms with van der Waals surface area (Å²) in [6.45, 7) is 8.37. The highest BCUT2D eigenvalue weighted by molar-refractivity contribution is 5.77. The van der Waals surface area contributed by atoms with E-state index in [-0.39, 0.29) is 0 Å². The minimum atomic E-state index is 0.769. The molecule has 64 valence electrons. The molecular weight excluding hydrogens is 150 g/mol. The molecule has 0 aliphatic rings. The van der Waals surface area contributed by atoms with Crippen molar-refractivity contribution in [3.8, 4) is 0 Å². The van der Waals surface area contributed by atoms with Crippen molar-refractivity contribution in [2.24, 2.45) is 0 Å². The Morgan fingerprint density at radius 3 is 2.67 bits per heavy atom. The second kappa shape index (κ2) is 3.39. The number of nitrogens with zero attached hydrogens (tertiary/aromatic N) is 1. The summed E-state index contributed by atoms with van der Waals surface area (Å²) in [4.78, 5) is 10.6. The molecule has 1 heterocycles. The first-order valence-corrected chi connectivity index (χ1v) is 3.93. The molecule has 0 fully saturated rings. The van der Waals surface area contributed by atoms with E-state index in [0.29, 0.717) is 0 Å². The van der Waals surface area contributed by atoms with Crippen LogP contribution in [0.4, 0.5) is 0 Å². The molecule has 0 aromatic carbocycles. The minimum Gasteiger partial charge on any atom is -0.345 e. The second-order valence-corrected chi connectivity index (χ2v) is 2.84. The lowest BCUT2D eigenvalue weighted by Gasteiger charge is -2.04. The van der Waals surface area contributed by atoms with Gasteiger partial charge in [-0.2, -0.15) is 0 Å². The predicted octanol–water partition coefficient (Wildman–Crippen LogP) is 2.10. The highest BCUT2D eigenvalue weighted by atomic mass is 16.1. The van der Waals surface area contributed by atoms with Crippen LogP contribution < -0.4 is 0 Å². The van der Waals surface area contributed by atoms with Crippen LogP contribution in [0.25, 0.3) is 0 Å². The molecule has 0 N–H and O–H groups in total. The van der Waals surface area contributed by atoms with Crippen molar-refractivity contribution in [3.63, 3.8) is 0 Å². The summed E-state index contributed by atoms with van der Waals surface area (Å²) in [6.07, 6.45) is 2.72. The van der Waals surface area contributed by atoms with Gasteiger partial charge >= 0.3 is 0 Å². The number of allylic oxidation sites excluding steroid dienone is 1. The summed E-state index contributed by atoms with van der Waals surface area (Å²) in [7, 11) is 0. The van der Waals surface area contributed by atoms with Crippen molar-refractivity contribution < 1.29 is 4.79 Å². The molecule has 0 atom stereocenters. The lowest BCUT2D eigenvalue weighted by molar-refractivity contribution is 0.112. The van der Waals surface area contributed by atoms with Gasteiger partial charge in [0.25, 0.3) is 0 Å². The van der Waals surface area contributed by atoms with Crippen LogP contribution in [0.5, 0.6) is 0 Å². The van der Waals surface area contributed by atoms with Crippen LogP contribution >= 0.6 is 0 Å². The van der Waals surface area contributed by atoms with Crippen molar-refractivity contribution in [3.05, 3.63) is 35.7 Å². The Morgan fingerprint density at radius 1 is 1.58 bits per heavy atom. The summed E-state index contributed by atoms with van der Waals surface area (Å²) in [6, 6.07) is 1.89. The van der Waals surface area contributed by atoms with E-state index in [9.17, 15) is 4.79 Å². The summed E-state index contributed by atoms with van der Waals surface area (Å²) < 4.78 is 2.07. The summed E-state index contributed by atoms with van der Waals surface area (Å²) in [5.41, 5.74) is 2.89. The van der Waals surface area contributed by atoms with Crippen LogP contribution in [0.2, 0.25) is 0 Å². The zero-order valence-corrected chi connectivity index (χ0v) is 7.50. The second-order valence-electron chi connectivity index (χ2n) is 2.84. The molecule has 0 aliphatic carbocycles. The Morgan fingerprint density at radius 2 is 2.25 bits per heavy atom. The first-order valence-electron chi connectivity index (χ1n) is 3.93. The van der Waals surface area contributed by atoms with Gasteiger partial charge in [0, 0.05) is 23.5 Å². The molecule has 0 unspecified atom stereocenters. The predicted molar refractivity (Wildman–Crippen MR) is 49.5 cm³/mol. The largest absolute Gasteiger partial charge is 0.345 e. The zero-order chi connectivity index (χ0) is 9.14. The lowest BCUT2D eigenvalue weighted by atomic mass is 10.3. The molecule has 0 saturated heterocycles. The van der Waals surface area contributed by atoms with Crippen molar-refractivity contribution in [2.45, 2.75) is 20.4 Å². The highest BCUT2D eigenvalue weighted by Crippen LogP contribution is 2.12. The highest BCUT2D eigenvalue weighted by Gasteiger charge is 2.05. The molecule has 0 spiro atoms. The maximum atomic E-state index is 10.6. The van der Waals surface area contributed by atoms with E-state index in [1.54, 1.807) is 0 Å². The molecule has 2 heteroatoms. The Kier molecular flexibility index (Phi) is 2.48. The van der Waals surface area contributed by atoms with E-state index in [4.69, 9.17) is 0 Å². The number of carbonyl (C=O) groups excluding carboxylic acids is 1. The Labute approximate surface area is 72.5 Å². The number of rotatable bonds is 3. The van der Waals surface area contributed by atoms with Gasteiger partial charge in [0.1, 0.15) is 0 Å². The van der Waals surface area contributed by atoms with Crippen molar-refractivity contribution >= 4 is 6.29 Å². The lowest BCUT2D eigenvalue weighted by Crippen LogP contribution is -1.99. The van der Waals surface area contributed by atoms with Gasteiger partial charge in [-0.05, 0) is 19.9 Å². The van der Waals surface area contributed by atoms with Crippen LogP contribution in [-0.4, -0.2) is 10.9 Å². The fourth-order valence-electron chi connectivity index (χ4n) is 1.36. The van der Waals surface area contributed by atoms with Gasteiger partial charge in [0.05, 0.1) is 0 Å². The third kappa shape index (κ3) is 1.33. The molecule has 1 aromatic rings. The van der Waals surface area contributed by atoms with E-state index in [0.717, 1.165) is 29.8 Å². The Bertz CT molecular complexity index is 310. The maximum absolute atomic E-state index is 10.6. The third-order valence-corrected chi connectivity index (χ3v) is 2.05. The summed E-state index contributed by atoms with van der Waals surface area (Å²) >= 11 is 0. The molecule has 12 heavy (non-hydrogen) atoms. The van der Waals surface area contributed by atoms with Crippen LogP contribution in [-0.2, 0) is 6.54 Å². The van der Waals surface area contributed by atoms with Crippen molar-refractivity contribution in [1.29, 1.82) is 0 Å². The molecule has 1 aromatic heterocycles. The van der Waals surface area contributed by atoms with Crippen LogP contribution in [0.15, 0.2) is 18.7 Å². The van der Waals surface area contributed by atoms with E-state index in [1.807, 2.05) is 26.0 Å². The molecular formula is C10H13NO. The first kappa shape index (κ1) is 8.78. The van der Waals surface area contributed by atoms with E-state index in [1.165, 1.54) is 0 Å².